The van der Waals surface area contributed by atoms with Crippen molar-refractivity contribution in [3.8, 4) is 0 Å². The van der Waals surface area contributed by atoms with Gasteiger partial charge < -0.3 is 5.32 Å². The molecular formula is C22H29N3O3S. The van der Waals surface area contributed by atoms with Gasteiger partial charge in [-0.05, 0) is 62.1 Å². The van der Waals surface area contributed by atoms with Crippen molar-refractivity contribution in [2.75, 3.05) is 36.3 Å². The van der Waals surface area contributed by atoms with Crippen LogP contribution in [0.5, 0.6) is 0 Å². The van der Waals surface area contributed by atoms with E-state index in [-0.39, 0.29) is 10.8 Å². The molecule has 1 fully saturated rings. The summed E-state index contributed by atoms with van der Waals surface area (Å²) in [7, 11) is -2.19. The number of hydrogen-bond acceptors (Lipinski definition) is 4. The number of nitrogens with zero attached hydrogens (tertiary/aromatic N) is 2. The molecule has 156 valence electrons. The lowest BCUT2D eigenvalue weighted by Crippen LogP contribution is -2.35. The molecule has 2 aromatic carbocycles. The topological polar surface area (TPSA) is 69.7 Å². The molecule has 3 rings (SSSR count). The fourth-order valence-corrected chi connectivity index (χ4v) is 4.53. The molecule has 0 radical (unpaired) electrons. The third-order valence-corrected chi connectivity index (χ3v) is 6.80. The number of anilines is 2. The Morgan fingerprint density at radius 2 is 1.83 bits per heavy atom. The fourth-order valence-electron chi connectivity index (χ4n) is 3.29. The third-order valence-electron chi connectivity index (χ3n) is 5.02. The Kier molecular flexibility index (Phi) is 6.92. The van der Waals surface area contributed by atoms with Gasteiger partial charge in [0, 0.05) is 19.3 Å². The fraction of sp³-hybridized carbons (Fsp3) is 0.409. The van der Waals surface area contributed by atoms with E-state index in [0.29, 0.717) is 17.9 Å². The summed E-state index contributed by atoms with van der Waals surface area (Å²) in [5, 5.41) is 2.85. The van der Waals surface area contributed by atoms with Gasteiger partial charge in [-0.1, -0.05) is 31.2 Å². The van der Waals surface area contributed by atoms with Crippen LogP contribution in [-0.4, -0.2) is 45.9 Å². The van der Waals surface area contributed by atoms with Crippen LogP contribution in [0.25, 0.3) is 0 Å². The molecule has 0 heterocycles. The highest BCUT2D eigenvalue weighted by Crippen LogP contribution is 2.29. The molecule has 1 saturated carbocycles. The highest BCUT2D eigenvalue weighted by Gasteiger charge is 2.25. The summed E-state index contributed by atoms with van der Waals surface area (Å²) in [4.78, 5) is 14.8. The predicted molar refractivity (Wildman–Crippen MR) is 117 cm³/mol. The molecule has 0 atom stereocenters. The average Bonchev–Trinajstić information content (AvgIpc) is 3.52. The Labute approximate surface area is 173 Å². The van der Waals surface area contributed by atoms with Crippen molar-refractivity contribution in [2.24, 2.45) is 5.92 Å². The first kappa shape index (κ1) is 21.3. The molecule has 1 N–H and O–H groups in total. The molecule has 0 aliphatic heterocycles. The first-order chi connectivity index (χ1) is 13.9. The second-order valence-corrected chi connectivity index (χ2v) is 9.53. The van der Waals surface area contributed by atoms with Gasteiger partial charge in [-0.2, -0.15) is 0 Å². The number of nitrogens with one attached hydrogen (secondary N) is 1. The van der Waals surface area contributed by atoms with Crippen LogP contribution in [0.3, 0.4) is 0 Å². The van der Waals surface area contributed by atoms with Gasteiger partial charge in [0.1, 0.15) is 0 Å². The van der Waals surface area contributed by atoms with Gasteiger partial charge in [-0.15, -0.1) is 0 Å². The number of carbonyl (C=O) groups excluding carboxylic acids is 1. The van der Waals surface area contributed by atoms with Gasteiger partial charge >= 0.3 is 0 Å². The summed E-state index contributed by atoms with van der Waals surface area (Å²) in [5.41, 5.74) is 1.07. The van der Waals surface area contributed by atoms with Crippen molar-refractivity contribution in [1.82, 2.24) is 4.90 Å². The van der Waals surface area contributed by atoms with E-state index in [1.807, 2.05) is 6.07 Å². The highest BCUT2D eigenvalue weighted by atomic mass is 32.2. The zero-order chi connectivity index (χ0) is 20.9. The third kappa shape index (κ3) is 5.81. The van der Waals surface area contributed by atoms with E-state index < -0.39 is 10.0 Å². The molecule has 2 aromatic rings. The smallest absolute Gasteiger partial charge is 0.264 e. The number of carbonyl (C=O) groups is 1. The zero-order valence-electron chi connectivity index (χ0n) is 17.0. The van der Waals surface area contributed by atoms with Crippen LogP contribution in [0.4, 0.5) is 11.4 Å². The van der Waals surface area contributed by atoms with Crippen molar-refractivity contribution in [3.05, 3.63) is 54.6 Å². The number of hydrogen-bond donors (Lipinski definition) is 1. The molecule has 7 heteroatoms. The van der Waals surface area contributed by atoms with Gasteiger partial charge in [-0.3, -0.25) is 14.0 Å². The molecule has 1 amide bonds. The van der Waals surface area contributed by atoms with E-state index in [4.69, 9.17) is 0 Å². The summed E-state index contributed by atoms with van der Waals surface area (Å²) in [6, 6.07) is 15.3. The minimum atomic E-state index is -3.72. The van der Waals surface area contributed by atoms with Gasteiger partial charge in [0.05, 0.1) is 17.1 Å². The summed E-state index contributed by atoms with van der Waals surface area (Å²) in [6.07, 6.45) is 3.49. The van der Waals surface area contributed by atoms with Gasteiger partial charge in [-0.25, -0.2) is 8.42 Å². The molecule has 1 aliphatic carbocycles. The van der Waals surface area contributed by atoms with E-state index in [2.05, 4.69) is 17.1 Å². The minimum Gasteiger partial charge on any atom is -0.325 e. The normalized spacial score (nSPS) is 14.0. The molecule has 6 nitrogen and oxygen atoms in total. The maximum Gasteiger partial charge on any atom is 0.264 e. The van der Waals surface area contributed by atoms with Crippen LogP contribution < -0.4 is 9.62 Å². The van der Waals surface area contributed by atoms with Crippen molar-refractivity contribution in [3.63, 3.8) is 0 Å². The number of sulfonamides is 1. The van der Waals surface area contributed by atoms with E-state index in [1.165, 1.54) is 30.3 Å². The molecule has 0 unspecified atom stereocenters. The van der Waals surface area contributed by atoms with Gasteiger partial charge in [0.2, 0.25) is 5.91 Å². The van der Waals surface area contributed by atoms with Crippen LogP contribution in [0.15, 0.2) is 59.5 Å². The standard InChI is InChI=1S/C22H29N3O3S/c1-3-14-25(16-18-12-13-18)17-22(26)23-19-8-7-11-21(15-19)29(27,28)24(2)20-9-5-4-6-10-20/h4-11,15,18H,3,12-14,16-17H2,1-2H3,(H,23,26). The van der Waals surface area contributed by atoms with Crippen LogP contribution in [0.2, 0.25) is 0 Å². The largest absolute Gasteiger partial charge is 0.325 e. The summed E-state index contributed by atoms with van der Waals surface area (Å²) < 4.78 is 27.2. The van der Waals surface area contributed by atoms with E-state index in [9.17, 15) is 13.2 Å². The number of benzene rings is 2. The lowest BCUT2D eigenvalue weighted by Gasteiger charge is -2.21. The van der Waals surface area contributed by atoms with E-state index in [0.717, 1.165) is 25.4 Å². The Bertz CT molecular complexity index is 927. The van der Waals surface area contributed by atoms with Crippen molar-refractivity contribution < 1.29 is 13.2 Å². The molecule has 1 aliphatic rings. The van der Waals surface area contributed by atoms with Crippen molar-refractivity contribution in [1.29, 1.82) is 0 Å². The van der Waals surface area contributed by atoms with Crippen LogP contribution in [0.1, 0.15) is 26.2 Å². The minimum absolute atomic E-state index is 0.120. The van der Waals surface area contributed by atoms with Crippen LogP contribution in [-0.2, 0) is 14.8 Å². The maximum absolute atomic E-state index is 13.0. The Balaban J connectivity index is 1.69. The summed E-state index contributed by atoms with van der Waals surface area (Å²) in [6.45, 7) is 4.28. The number of amides is 1. The molecule has 29 heavy (non-hydrogen) atoms. The van der Waals surface area contributed by atoms with Gasteiger partial charge in [0.25, 0.3) is 10.0 Å². The first-order valence-electron chi connectivity index (χ1n) is 10.1. The maximum atomic E-state index is 13.0. The van der Waals surface area contributed by atoms with E-state index >= 15 is 0 Å². The summed E-state index contributed by atoms with van der Waals surface area (Å²) >= 11 is 0. The average molecular weight is 416 g/mol. The lowest BCUT2D eigenvalue weighted by atomic mass is 10.3. The Morgan fingerprint density at radius 3 is 2.48 bits per heavy atom. The van der Waals surface area contributed by atoms with Crippen molar-refractivity contribution in [2.45, 2.75) is 31.1 Å². The molecular weight excluding hydrogens is 386 g/mol. The van der Waals surface area contributed by atoms with Crippen LogP contribution >= 0.6 is 0 Å². The number of rotatable bonds is 10. The highest BCUT2D eigenvalue weighted by molar-refractivity contribution is 7.92. The van der Waals surface area contributed by atoms with Crippen LogP contribution in [0, 0.1) is 5.92 Å². The molecule has 0 bridgehead atoms. The van der Waals surface area contributed by atoms with Crippen molar-refractivity contribution >= 4 is 27.3 Å². The number of para-hydroxylation sites is 1. The molecule has 0 saturated heterocycles. The molecule has 0 aromatic heterocycles. The second kappa shape index (κ2) is 9.41. The SMILES string of the molecule is CCCN(CC(=O)Nc1cccc(S(=O)(=O)N(C)c2ccccc2)c1)CC1CC1. The predicted octanol–water partition coefficient (Wildman–Crippen LogP) is 3.57. The monoisotopic (exact) mass is 415 g/mol. The lowest BCUT2D eigenvalue weighted by molar-refractivity contribution is -0.117. The summed E-state index contributed by atoms with van der Waals surface area (Å²) in [5.74, 6) is 0.599. The first-order valence-corrected chi connectivity index (χ1v) is 11.5. The Morgan fingerprint density at radius 1 is 1.10 bits per heavy atom. The quantitative estimate of drug-likeness (QED) is 0.644. The van der Waals surface area contributed by atoms with Gasteiger partial charge in [0.15, 0.2) is 0 Å². The van der Waals surface area contributed by atoms with E-state index in [1.54, 1.807) is 42.5 Å². The zero-order valence-corrected chi connectivity index (χ0v) is 17.9. The second-order valence-electron chi connectivity index (χ2n) is 7.56. The molecule has 0 spiro atoms. The Hall–Kier alpha value is -2.38.